The van der Waals surface area contributed by atoms with Crippen molar-refractivity contribution in [1.82, 2.24) is 4.90 Å². The second-order valence-corrected chi connectivity index (χ2v) is 2.99. The second-order valence-electron chi connectivity index (χ2n) is 2.68. The quantitative estimate of drug-likeness (QED) is 0.597. The molecule has 0 amide bonds. The van der Waals surface area contributed by atoms with E-state index in [0.717, 1.165) is 0 Å². The highest BCUT2D eigenvalue weighted by Gasteiger charge is 2.14. The molecule has 0 bridgehead atoms. The number of alkyl halides is 3. The van der Waals surface area contributed by atoms with Gasteiger partial charge in [0.1, 0.15) is 0 Å². The summed E-state index contributed by atoms with van der Waals surface area (Å²) in [6.07, 6.45) is -3.29. The highest BCUT2D eigenvalue weighted by molar-refractivity contribution is 6.18. The third-order valence-corrected chi connectivity index (χ3v) is 1.82. The molecule has 3 nitrogen and oxygen atoms in total. The summed E-state index contributed by atoms with van der Waals surface area (Å²) in [4.78, 5) is 1.28. The van der Waals surface area contributed by atoms with Crippen molar-refractivity contribution in [2.75, 3.05) is 32.1 Å². The maximum Gasteiger partial charge on any atom is 0.251 e. The average Bonchev–Trinajstić information content (AvgIpc) is 2.03. The molecule has 0 aliphatic carbocycles. The fourth-order valence-corrected chi connectivity index (χ4v) is 1.04. The Kier molecular flexibility index (Phi) is 7.45. The molecule has 0 aliphatic heterocycles. The number of hydrogen-bond donors (Lipinski definition) is 2. The Labute approximate surface area is 80.9 Å². The van der Waals surface area contributed by atoms with E-state index in [0.29, 0.717) is 0 Å². The van der Waals surface area contributed by atoms with Crippen LogP contribution in [-0.2, 0) is 0 Å². The summed E-state index contributed by atoms with van der Waals surface area (Å²) in [5, 5.41) is 17.6. The lowest BCUT2D eigenvalue weighted by molar-refractivity contribution is 0.0521. The van der Waals surface area contributed by atoms with Crippen molar-refractivity contribution >= 4 is 11.6 Å². The summed E-state index contributed by atoms with van der Waals surface area (Å²) < 4.78 is 23.8. The van der Waals surface area contributed by atoms with E-state index in [1.54, 1.807) is 0 Å². The number of aliphatic hydroxyl groups is 2. The number of nitrogens with zero attached hydrogens (tertiary/aromatic N) is 1. The van der Waals surface area contributed by atoms with Crippen molar-refractivity contribution in [3.8, 4) is 0 Å². The second kappa shape index (κ2) is 7.44. The van der Waals surface area contributed by atoms with Crippen LogP contribution in [0.1, 0.15) is 0 Å². The zero-order valence-electron chi connectivity index (χ0n) is 7.17. The SMILES string of the molecule is OCCN(CC(F)F)CC(O)CCl. The fraction of sp³-hybridized carbons (Fsp3) is 1.00. The minimum atomic E-state index is -2.46. The van der Waals surface area contributed by atoms with Crippen molar-refractivity contribution in [3.63, 3.8) is 0 Å². The molecular weight excluding hydrogens is 204 g/mol. The summed E-state index contributed by atoms with van der Waals surface area (Å²) in [6.45, 7) is -0.469. The number of rotatable bonds is 7. The van der Waals surface area contributed by atoms with Gasteiger partial charge in [0.15, 0.2) is 0 Å². The number of aliphatic hydroxyl groups excluding tert-OH is 2. The lowest BCUT2D eigenvalue weighted by Gasteiger charge is -2.22. The summed E-state index contributed by atoms with van der Waals surface area (Å²) in [5.41, 5.74) is 0. The Morgan fingerprint density at radius 1 is 1.31 bits per heavy atom. The van der Waals surface area contributed by atoms with Crippen LogP contribution in [0.15, 0.2) is 0 Å². The molecule has 0 aromatic rings. The molecule has 6 heteroatoms. The Morgan fingerprint density at radius 2 is 1.92 bits per heavy atom. The third-order valence-electron chi connectivity index (χ3n) is 1.46. The van der Waals surface area contributed by atoms with Gasteiger partial charge in [0.25, 0.3) is 6.43 Å². The first-order chi connectivity index (χ1) is 6.10. The molecule has 80 valence electrons. The van der Waals surface area contributed by atoms with Gasteiger partial charge in [-0.15, -0.1) is 11.6 Å². The molecule has 0 aromatic heterocycles. The van der Waals surface area contributed by atoms with Crippen LogP contribution in [0.3, 0.4) is 0 Å². The van der Waals surface area contributed by atoms with Gasteiger partial charge in [-0.1, -0.05) is 0 Å². The van der Waals surface area contributed by atoms with Gasteiger partial charge in [0.05, 0.1) is 19.3 Å². The third kappa shape index (κ3) is 7.13. The van der Waals surface area contributed by atoms with E-state index in [1.807, 2.05) is 0 Å². The zero-order chi connectivity index (χ0) is 10.3. The van der Waals surface area contributed by atoms with E-state index in [4.69, 9.17) is 21.8 Å². The molecule has 0 rings (SSSR count). The van der Waals surface area contributed by atoms with E-state index < -0.39 is 19.1 Å². The Bertz CT molecular complexity index is 129. The molecule has 0 saturated heterocycles. The van der Waals surface area contributed by atoms with Crippen LogP contribution in [0.5, 0.6) is 0 Å². The topological polar surface area (TPSA) is 43.7 Å². The first-order valence-electron chi connectivity index (χ1n) is 3.95. The Morgan fingerprint density at radius 3 is 2.31 bits per heavy atom. The molecule has 0 aromatic carbocycles. The molecule has 0 heterocycles. The fourth-order valence-electron chi connectivity index (χ4n) is 0.941. The summed E-state index contributed by atoms with van der Waals surface area (Å²) in [5.74, 6) is 0.00513. The first kappa shape index (κ1) is 13.0. The van der Waals surface area contributed by atoms with Crippen molar-refractivity contribution in [1.29, 1.82) is 0 Å². The maximum atomic E-state index is 11.9. The first-order valence-corrected chi connectivity index (χ1v) is 4.49. The highest BCUT2D eigenvalue weighted by atomic mass is 35.5. The van der Waals surface area contributed by atoms with Gasteiger partial charge in [-0.05, 0) is 0 Å². The predicted molar refractivity (Wildman–Crippen MR) is 46.3 cm³/mol. The maximum absolute atomic E-state index is 11.9. The molecule has 0 saturated carbocycles. The van der Waals surface area contributed by atoms with Crippen LogP contribution in [0.2, 0.25) is 0 Å². The van der Waals surface area contributed by atoms with Gasteiger partial charge < -0.3 is 10.2 Å². The van der Waals surface area contributed by atoms with Gasteiger partial charge in [0.2, 0.25) is 0 Å². The molecule has 1 unspecified atom stereocenters. The molecule has 0 radical (unpaired) electrons. The Balaban J connectivity index is 3.78. The minimum absolute atomic E-state index is 0.00513. The van der Waals surface area contributed by atoms with E-state index in [9.17, 15) is 8.78 Å². The van der Waals surface area contributed by atoms with E-state index in [1.165, 1.54) is 4.90 Å². The van der Waals surface area contributed by atoms with Gasteiger partial charge in [-0.3, -0.25) is 4.90 Å². The molecular formula is C7H14ClF2NO2. The van der Waals surface area contributed by atoms with Crippen LogP contribution in [-0.4, -0.2) is 59.8 Å². The van der Waals surface area contributed by atoms with E-state index in [2.05, 4.69) is 0 Å². The monoisotopic (exact) mass is 217 g/mol. The number of halogens is 3. The number of hydrogen-bond acceptors (Lipinski definition) is 3. The molecule has 0 spiro atoms. The predicted octanol–water partition coefficient (Wildman–Crippen LogP) is 0.146. The van der Waals surface area contributed by atoms with Crippen LogP contribution in [0.4, 0.5) is 8.78 Å². The van der Waals surface area contributed by atoms with Gasteiger partial charge in [0, 0.05) is 19.0 Å². The average molecular weight is 218 g/mol. The van der Waals surface area contributed by atoms with Crippen LogP contribution in [0.25, 0.3) is 0 Å². The lowest BCUT2D eigenvalue weighted by atomic mass is 10.3. The smallest absolute Gasteiger partial charge is 0.251 e. The molecule has 0 aliphatic rings. The van der Waals surface area contributed by atoms with Crippen molar-refractivity contribution in [2.45, 2.75) is 12.5 Å². The standard InChI is InChI=1S/C7H14ClF2NO2/c8-3-6(13)4-11(1-2-12)5-7(9)10/h6-7,12-13H,1-5H2. The molecule has 0 fully saturated rings. The molecule has 13 heavy (non-hydrogen) atoms. The van der Waals surface area contributed by atoms with Crippen LogP contribution < -0.4 is 0 Å². The van der Waals surface area contributed by atoms with Crippen LogP contribution in [0, 0.1) is 0 Å². The van der Waals surface area contributed by atoms with E-state index >= 15 is 0 Å². The highest BCUT2D eigenvalue weighted by Crippen LogP contribution is 2.00. The summed E-state index contributed by atoms with van der Waals surface area (Å²) in [6, 6.07) is 0. The van der Waals surface area contributed by atoms with Crippen molar-refractivity contribution < 1.29 is 19.0 Å². The largest absolute Gasteiger partial charge is 0.395 e. The van der Waals surface area contributed by atoms with Gasteiger partial charge in [-0.25, -0.2) is 8.78 Å². The van der Waals surface area contributed by atoms with Gasteiger partial charge >= 0.3 is 0 Å². The van der Waals surface area contributed by atoms with Crippen molar-refractivity contribution in [2.24, 2.45) is 0 Å². The normalized spacial score (nSPS) is 14.1. The van der Waals surface area contributed by atoms with Gasteiger partial charge in [-0.2, -0.15) is 0 Å². The molecule has 1 atom stereocenters. The minimum Gasteiger partial charge on any atom is -0.395 e. The lowest BCUT2D eigenvalue weighted by Crippen LogP contribution is -2.38. The molecule has 2 N–H and O–H groups in total. The zero-order valence-corrected chi connectivity index (χ0v) is 7.92. The van der Waals surface area contributed by atoms with E-state index in [-0.39, 0.29) is 25.6 Å². The summed E-state index contributed by atoms with van der Waals surface area (Å²) >= 11 is 5.31. The van der Waals surface area contributed by atoms with Crippen molar-refractivity contribution in [3.05, 3.63) is 0 Å². The summed E-state index contributed by atoms with van der Waals surface area (Å²) in [7, 11) is 0. The van der Waals surface area contributed by atoms with Crippen LogP contribution >= 0.6 is 11.6 Å². The Hall–Kier alpha value is 0.0300.